The zero-order chi connectivity index (χ0) is 16.1. The zero-order valence-electron chi connectivity index (χ0n) is 13.4. The van der Waals surface area contributed by atoms with Crippen molar-refractivity contribution in [2.24, 2.45) is 5.41 Å². The average Bonchev–Trinajstić information content (AvgIpc) is 2.61. The van der Waals surface area contributed by atoms with Crippen molar-refractivity contribution >= 4 is 5.91 Å². The van der Waals surface area contributed by atoms with E-state index in [2.05, 4.69) is 11.6 Å². The van der Waals surface area contributed by atoms with Crippen LogP contribution in [0.1, 0.15) is 29.6 Å². The van der Waals surface area contributed by atoms with E-state index in [1.54, 1.807) is 24.5 Å². The summed E-state index contributed by atoms with van der Waals surface area (Å²) in [6, 6.07) is 3.62. The Kier molecular flexibility index (Phi) is 5.08. The van der Waals surface area contributed by atoms with E-state index in [9.17, 15) is 4.79 Å². The Morgan fingerprint density at radius 2 is 2.52 bits per heavy atom. The lowest BCUT2D eigenvalue weighted by Crippen LogP contribution is -2.58. The minimum absolute atomic E-state index is 0.0465. The van der Waals surface area contributed by atoms with E-state index in [4.69, 9.17) is 9.47 Å². The predicted molar refractivity (Wildman–Crippen MR) is 87.2 cm³/mol. The van der Waals surface area contributed by atoms with E-state index in [1.807, 2.05) is 11.0 Å². The molecule has 0 unspecified atom stereocenters. The van der Waals surface area contributed by atoms with Gasteiger partial charge >= 0.3 is 0 Å². The topological polar surface area (TPSA) is 51.7 Å². The van der Waals surface area contributed by atoms with Crippen molar-refractivity contribution in [2.45, 2.75) is 25.4 Å². The maximum Gasteiger partial charge on any atom is 0.255 e. The van der Waals surface area contributed by atoms with Gasteiger partial charge in [0.1, 0.15) is 0 Å². The molecule has 0 N–H and O–H groups in total. The Bertz CT molecular complexity index is 548. The number of amides is 1. The van der Waals surface area contributed by atoms with Crippen molar-refractivity contribution in [3.8, 4) is 0 Å². The lowest BCUT2D eigenvalue weighted by Gasteiger charge is -2.50. The number of aromatic nitrogens is 1. The Balaban J connectivity index is 1.75. The Morgan fingerprint density at radius 1 is 1.61 bits per heavy atom. The second-order valence-electron chi connectivity index (χ2n) is 6.39. The molecule has 124 valence electrons. The smallest absolute Gasteiger partial charge is 0.255 e. The predicted octanol–water partition coefficient (Wildman–Crippen LogP) is 2.30. The van der Waals surface area contributed by atoms with Crippen LogP contribution in [0.25, 0.3) is 0 Å². The van der Waals surface area contributed by atoms with Crippen LogP contribution >= 0.6 is 0 Å². The third-order valence-electron chi connectivity index (χ3n) is 4.81. The quantitative estimate of drug-likeness (QED) is 0.618. The van der Waals surface area contributed by atoms with Crippen LogP contribution in [0.3, 0.4) is 0 Å². The van der Waals surface area contributed by atoms with Gasteiger partial charge in [0.25, 0.3) is 5.91 Å². The Morgan fingerprint density at radius 3 is 3.30 bits per heavy atom. The summed E-state index contributed by atoms with van der Waals surface area (Å²) in [5, 5.41) is 0. The van der Waals surface area contributed by atoms with Crippen molar-refractivity contribution in [1.29, 1.82) is 0 Å². The van der Waals surface area contributed by atoms with E-state index in [0.717, 1.165) is 32.4 Å². The average molecular weight is 316 g/mol. The van der Waals surface area contributed by atoms with Gasteiger partial charge in [-0.25, -0.2) is 0 Å². The summed E-state index contributed by atoms with van der Waals surface area (Å²) in [4.78, 5) is 18.7. The monoisotopic (exact) mass is 316 g/mol. The lowest BCUT2D eigenvalue weighted by molar-refractivity contribution is -0.144. The lowest BCUT2D eigenvalue weighted by atomic mass is 9.73. The second-order valence-corrected chi connectivity index (χ2v) is 6.39. The van der Waals surface area contributed by atoms with Crippen molar-refractivity contribution in [3.63, 3.8) is 0 Å². The summed E-state index contributed by atoms with van der Waals surface area (Å²) < 4.78 is 11.8. The molecule has 0 aliphatic carbocycles. The van der Waals surface area contributed by atoms with Crippen molar-refractivity contribution in [1.82, 2.24) is 9.88 Å². The van der Waals surface area contributed by atoms with Crippen molar-refractivity contribution in [3.05, 3.63) is 42.7 Å². The first-order chi connectivity index (χ1) is 11.2. The Hall–Kier alpha value is -1.72. The molecule has 1 aromatic rings. The Labute approximate surface area is 137 Å². The minimum Gasteiger partial charge on any atom is -0.377 e. The van der Waals surface area contributed by atoms with Crippen LogP contribution in [0.2, 0.25) is 0 Å². The standard InChI is InChI=1S/C18H24N2O3/c1-2-10-22-14-18-7-4-11-23-16(18)6-9-20(13-18)17(21)15-5-3-8-19-12-15/h2-3,5,8,12,16H,1,4,6-7,9-11,13-14H2/t16-,18+/m1/s1. The molecule has 1 aromatic heterocycles. The molecule has 2 saturated heterocycles. The highest BCUT2D eigenvalue weighted by atomic mass is 16.5. The minimum atomic E-state index is -0.0998. The fraction of sp³-hybridized carbons (Fsp3) is 0.556. The molecule has 0 aromatic carbocycles. The molecule has 1 amide bonds. The number of ether oxygens (including phenoxy) is 2. The summed E-state index contributed by atoms with van der Waals surface area (Å²) in [7, 11) is 0. The van der Waals surface area contributed by atoms with Crippen molar-refractivity contribution < 1.29 is 14.3 Å². The first-order valence-corrected chi connectivity index (χ1v) is 8.25. The molecule has 2 atom stereocenters. The van der Waals surface area contributed by atoms with Gasteiger partial charge in [0.05, 0.1) is 24.9 Å². The van der Waals surface area contributed by atoms with Crippen LogP contribution in [0.5, 0.6) is 0 Å². The highest BCUT2D eigenvalue weighted by Crippen LogP contribution is 2.40. The number of likely N-dealkylation sites (tertiary alicyclic amines) is 1. The number of carbonyl (C=O) groups is 1. The van der Waals surface area contributed by atoms with Crippen LogP contribution in [0.15, 0.2) is 37.2 Å². The summed E-state index contributed by atoms with van der Waals surface area (Å²) in [6.45, 7) is 7.06. The number of hydrogen-bond acceptors (Lipinski definition) is 4. The van der Waals surface area contributed by atoms with Gasteiger partial charge in [-0.3, -0.25) is 9.78 Å². The van der Waals surface area contributed by atoms with Gasteiger partial charge in [-0.2, -0.15) is 0 Å². The summed E-state index contributed by atoms with van der Waals surface area (Å²) in [5.41, 5.74) is 0.544. The fourth-order valence-corrected chi connectivity index (χ4v) is 3.69. The van der Waals surface area contributed by atoms with E-state index < -0.39 is 0 Å². The number of fused-ring (bicyclic) bond motifs is 1. The molecule has 3 heterocycles. The molecule has 5 nitrogen and oxygen atoms in total. The highest BCUT2D eigenvalue weighted by Gasteiger charge is 2.47. The molecule has 2 aliphatic rings. The molecule has 0 bridgehead atoms. The molecule has 2 aliphatic heterocycles. The van der Waals surface area contributed by atoms with Crippen molar-refractivity contribution in [2.75, 3.05) is 32.9 Å². The van der Waals surface area contributed by atoms with E-state index in [0.29, 0.717) is 25.3 Å². The normalized spacial score (nSPS) is 27.3. The molecule has 0 saturated carbocycles. The third kappa shape index (κ3) is 3.46. The number of rotatable bonds is 5. The summed E-state index contributed by atoms with van der Waals surface area (Å²) >= 11 is 0. The first-order valence-electron chi connectivity index (χ1n) is 8.25. The maximum atomic E-state index is 12.7. The van der Waals surface area contributed by atoms with Crippen LogP contribution in [-0.2, 0) is 9.47 Å². The summed E-state index contributed by atoms with van der Waals surface area (Å²) in [5.74, 6) is 0.0465. The van der Waals surface area contributed by atoms with Crippen LogP contribution < -0.4 is 0 Å². The van der Waals surface area contributed by atoms with Crippen LogP contribution in [0, 0.1) is 5.41 Å². The van der Waals surface area contributed by atoms with E-state index >= 15 is 0 Å². The largest absolute Gasteiger partial charge is 0.377 e. The molecule has 0 spiro atoms. The second kappa shape index (κ2) is 7.23. The van der Waals surface area contributed by atoms with E-state index in [-0.39, 0.29) is 17.4 Å². The van der Waals surface area contributed by atoms with Gasteiger partial charge in [0, 0.05) is 37.5 Å². The summed E-state index contributed by atoms with van der Waals surface area (Å²) in [6.07, 6.45) is 8.17. The molecule has 5 heteroatoms. The molecule has 23 heavy (non-hydrogen) atoms. The van der Waals surface area contributed by atoms with Gasteiger partial charge < -0.3 is 14.4 Å². The molecule has 3 rings (SSSR count). The molecular weight excluding hydrogens is 292 g/mol. The maximum absolute atomic E-state index is 12.7. The molecule has 0 radical (unpaired) electrons. The number of hydrogen-bond donors (Lipinski definition) is 0. The SMILES string of the molecule is C=CCOC[C@@]12CCCO[C@@H]1CCN(C(=O)c1cccnc1)C2. The number of carbonyl (C=O) groups excluding carboxylic acids is 1. The third-order valence-corrected chi connectivity index (χ3v) is 4.81. The fourth-order valence-electron chi connectivity index (χ4n) is 3.69. The van der Waals surface area contributed by atoms with Crippen LogP contribution in [-0.4, -0.2) is 54.8 Å². The first kappa shape index (κ1) is 16.1. The van der Waals surface area contributed by atoms with Gasteiger partial charge in [-0.1, -0.05) is 6.08 Å². The highest BCUT2D eigenvalue weighted by molar-refractivity contribution is 5.94. The van der Waals surface area contributed by atoms with Gasteiger partial charge in [-0.15, -0.1) is 6.58 Å². The van der Waals surface area contributed by atoms with Gasteiger partial charge in [-0.05, 0) is 31.4 Å². The van der Waals surface area contributed by atoms with Crippen LogP contribution in [0.4, 0.5) is 0 Å². The number of piperidine rings is 1. The zero-order valence-corrected chi connectivity index (χ0v) is 13.4. The van der Waals surface area contributed by atoms with Gasteiger partial charge in [0.15, 0.2) is 0 Å². The molecular formula is C18H24N2O3. The number of nitrogens with zero attached hydrogens (tertiary/aromatic N) is 2. The number of pyridine rings is 1. The van der Waals surface area contributed by atoms with E-state index in [1.165, 1.54) is 0 Å². The molecule has 2 fully saturated rings. The van der Waals surface area contributed by atoms with Gasteiger partial charge in [0.2, 0.25) is 0 Å².